The molecule has 2 aromatic carbocycles. The van der Waals surface area contributed by atoms with Crippen molar-refractivity contribution >= 4 is 33.0 Å². The molecule has 0 aliphatic heterocycles. The van der Waals surface area contributed by atoms with Crippen LogP contribution in [-0.2, 0) is 20.4 Å². The number of rotatable bonds is 7. The summed E-state index contributed by atoms with van der Waals surface area (Å²) in [4.78, 5) is 12.0. The summed E-state index contributed by atoms with van der Waals surface area (Å²) in [5.41, 5.74) is 0.452. The van der Waals surface area contributed by atoms with E-state index < -0.39 is 28.1 Å². The molecule has 2 aromatic rings. The van der Waals surface area contributed by atoms with Crippen molar-refractivity contribution in [1.29, 1.82) is 0 Å². The third-order valence-electron chi connectivity index (χ3n) is 3.03. The molecule has 0 saturated heterocycles. The number of ether oxygens (including phenoxy) is 1. The highest BCUT2D eigenvalue weighted by molar-refractivity contribution is 7.91. The predicted molar refractivity (Wildman–Crippen MR) is 90.6 cm³/mol. The first kappa shape index (κ1) is 19.1. The van der Waals surface area contributed by atoms with Gasteiger partial charge in [0, 0.05) is 5.02 Å². The van der Waals surface area contributed by atoms with E-state index >= 15 is 0 Å². The van der Waals surface area contributed by atoms with Crippen LogP contribution in [0.3, 0.4) is 0 Å². The lowest BCUT2D eigenvalue weighted by Crippen LogP contribution is -2.24. The molecule has 0 spiro atoms. The SMILES string of the molecule is O=C(CS(=O)(=O)Cc1ccc(Cl)cc1)Nc1ccccc1OC(F)F. The van der Waals surface area contributed by atoms with E-state index in [0.717, 1.165) is 0 Å². The number of hydrogen-bond donors (Lipinski definition) is 1. The highest BCUT2D eigenvalue weighted by atomic mass is 35.5. The van der Waals surface area contributed by atoms with Crippen LogP contribution in [-0.4, -0.2) is 26.7 Å². The van der Waals surface area contributed by atoms with Gasteiger partial charge in [0.1, 0.15) is 11.5 Å². The van der Waals surface area contributed by atoms with Crippen molar-refractivity contribution in [2.75, 3.05) is 11.1 Å². The number of halogens is 3. The van der Waals surface area contributed by atoms with Gasteiger partial charge in [0.25, 0.3) is 0 Å². The lowest BCUT2D eigenvalue weighted by atomic mass is 10.2. The molecule has 0 aliphatic rings. The number of alkyl halides is 2. The smallest absolute Gasteiger partial charge is 0.387 e. The fourth-order valence-corrected chi connectivity index (χ4v) is 3.44. The number of hydrogen-bond acceptors (Lipinski definition) is 4. The number of carbonyl (C=O) groups excluding carboxylic acids is 1. The van der Waals surface area contributed by atoms with Crippen molar-refractivity contribution in [3.63, 3.8) is 0 Å². The number of sulfone groups is 1. The first-order chi connectivity index (χ1) is 11.7. The second-order valence-corrected chi connectivity index (χ2v) is 7.58. The molecule has 0 radical (unpaired) electrons. The normalized spacial score (nSPS) is 11.4. The molecule has 0 aliphatic carbocycles. The Kier molecular flexibility index (Phi) is 6.33. The van der Waals surface area contributed by atoms with E-state index in [1.54, 1.807) is 24.3 Å². The Morgan fingerprint density at radius 1 is 1.12 bits per heavy atom. The molecule has 0 unspecified atom stereocenters. The molecule has 25 heavy (non-hydrogen) atoms. The Morgan fingerprint density at radius 2 is 1.76 bits per heavy atom. The highest BCUT2D eigenvalue weighted by Gasteiger charge is 2.19. The summed E-state index contributed by atoms with van der Waals surface area (Å²) in [6, 6.07) is 11.7. The van der Waals surface area contributed by atoms with Crippen molar-refractivity contribution in [2.45, 2.75) is 12.4 Å². The van der Waals surface area contributed by atoms with E-state index in [1.165, 1.54) is 24.3 Å². The van der Waals surface area contributed by atoms with Crippen LogP contribution in [0.1, 0.15) is 5.56 Å². The third-order valence-corrected chi connectivity index (χ3v) is 4.76. The standard InChI is InChI=1S/C16H14ClF2NO4S/c17-12-7-5-11(6-8-12)9-25(22,23)10-15(21)20-13-3-1-2-4-14(13)24-16(18)19/h1-8,16H,9-10H2,(H,20,21). The maximum absolute atomic E-state index is 12.3. The Hall–Kier alpha value is -2.19. The van der Waals surface area contributed by atoms with E-state index in [0.29, 0.717) is 10.6 Å². The lowest BCUT2D eigenvalue weighted by molar-refractivity contribution is -0.114. The number of benzene rings is 2. The van der Waals surface area contributed by atoms with E-state index in [2.05, 4.69) is 10.1 Å². The third kappa shape index (κ3) is 6.32. The monoisotopic (exact) mass is 389 g/mol. The Balaban J connectivity index is 2.03. The summed E-state index contributed by atoms with van der Waals surface area (Å²) in [5.74, 6) is -2.23. The highest BCUT2D eigenvalue weighted by Crippen LogP contribution is 2.25. The largest absolute Gasteiger partial charge is 0.433 e. The second-order valence-electron chi connectivity index (χ2n) is 5.08. The fraction of sp³-hybridized carbons (Fsp3) is 0.188. The topological polar surface area (TPSA) is 72.5 Å². The van der Waals surface area contributed by atoms with Gasteiger partial charge in [-0.25, -0.2) is 8.42 Å². The van der Waals surface area contributed by atoms with Gasteiger partial charge in [-0.15, -0.1) is 0 Å². The Bertz CT molecular complexity index is 841. The molecule has 0 fully saturated rings. The van der Waals surface area contributed by atoms with E-state index in [9.17, 15) is 22.0 Å². The van der Waals surface area contributed by atoms with Gasteiger partial charge in [-0.05, 0) is 29.8 Å². The van der Waals surface area contributed by atoms with Crippen LogP contribution in [0.25, 0.3) is 0 Å². The van der Waals surface area contributed by atoms with Crippen LogP contribution >= 0.6 is 11.6 Å². The van der Waals surface area contributed by atoms with Crippen LogP contribution in [0.2, 0.25) is 5.02 Å². The summed E-state index contributed by atoms with van der Waals surface area (Å²) in [6.07, 6.45) is 0. The maximum atomic E-state index is 12.3. The van der Waals surface area contributed by atoms with Crippen molar-refractivity contribution in [1.82, 2.24) is 0 Å². The van der Waals surface area contributed by atoms with Gasteiger partial charge in [-0.2, -0.15) is 8.78 Å². The van der Waals surface area contributed by atoms with Gasteiger partial charge in [-0.1, -0.05) is 35.9 Å². The van der Waals surface area contributed by atoms with Gasteiger partial charge in [0.2, 0.25) is 5.91 Å². The van der Waals surface area contributed by atoms with Crippen LogP contribution in [0, 0.1) is 0 Å². The first-order valence-electron chi connectivity index (χ1n) is 7.04. The average molecular weight is 390 g/mol. The number of amides is 1. The first-order valence-corrected chi connectivity index (χ1v) is 9.24. The van der Waals surface area contributed by atoms with Gasteiger partial charge < -0.3 is 10.1 Å². The van der Waals surface area contributed by atoms with E-state index in [4.69, 9.17) is 11.6 Å². The van der Waals surface area contributed by atoms with Gasteiger partial charge in [0.15, 0.2) is 9.84 Å². The molecule has 1 amide bonds. The predicted octanol–water partition coefficient (Wildman–Crippen LogP) is 3.49. The van der Waals surface area contributed by atoms with E-state index in [-0.39, 0.29) is 17.2 Å². The molecule has 2 rings (SSSR count). The Labute approximate surface area is 148 Å². The van der Waals surface area contributed by atoms with Gasteiger partial charge in [0.05, 0.1) is 11.4 Å². The average Bonchev–Trinajstić information content (AvgIpc) is 2.50. The maximum Gasteiger partial charge on any atom is 0.387 e. The minimum Gasteiger partial charge on any atom is -0.433 e. The molecule has 0 atom stereocenters. The number of para-hydroxylation sites is 2. The van der Waals surface area contributed by atoms with Crippen LogP contribution in [0.4, 0.5) is 14.5 Å². The second kappa shape index (κ2) is 8.26. The molecule has 0 saturated carbocycles. The molecule has 0 heterocycles. The number of nitrogens with one attached hydrogen (secondary N) is 1. The summed E-state index contributed by atoms with van der Waals surface area (Å²) in [5, 5.41) is 2.74. The zero-order chi connectivity index (χ0) is 18.4. The summed E-state index contributed by atoms with van der Waals surface area (Å²) < 4.78 is 53.2. The van der Waals surface area contributed by atoms with Crippen LogP contribution in [0.5, 0.6) is 5.75 Å². The van der Waals surface area contributed by atoms with Crippen LogP contribution < -0.4 is 10.1 Å². The molecule has 134 valence electrons. The van der Waals surface area contributed by atoms with E-state index in [1.807, 2.05) is 0 Å². The minimum atomic E-state index is -3.75. The van der Waals surface area contributed by atoms with Crippen molar-refractivity contribution in [3.05, 3.63) is 59.1 Å². The van der Waals surface area contributed by atoms with Crippen molar-refractivity contribution in [2.24, 2.45) is 0 Å². The van der Waals surface area contributed by atoms with Gasteiger partial charge in [-0.3, -0.25) is 4.79 Å². The summed E-state index contributed by atoms with van der Waals surface area (Å²) in [6.45, 7) is -3.06. The van der Waals surface area contributed by atoms with Crippen molar-refractivity contribution < 1.29 is 26.7 Å². The molecule has 0 bridgehead atoms. The number of anilines is 1. The molecule has 1 N–H and O–H groups in total. The zero-order valence-corrected chi connectivity index (χ0v) is 14.4. The zero-order valence-electron chi connectivity index (χ0n) is 12.8. The molecular weight excluding hydrogens is 376 g/mol. The van der Waals surface area contributed by atoms with Gasteiger partial charge >= 0.3 is 6.61 Å². The molecule has 0 aromatic heterocycles. The lowest BCUT2D eigenvalue weighted by Gasteiger charge is -2.11. The van der Waals surface area contributed by atoms with Crippen molar-refractivity contribution in [3.8, 4) is 5.75 Å². The molecule has 5 nitrogen and oxygen atoms in total. The molecular formula is C16H14ClF2NO4S. The van der Waals surface area contributed by atoms with Crippen LogP contribution in [0.15, 0.2) is 48.5 Å². The Morgan fingerprint density at radius 3 is 2.40 bits per heavy atom. The summed E-state index contributed by atoms with van der Waals surface area (Å²) in [7, 11) is -3.75. The quantitative estimate of drug-likeness (QED) is 0.786. The summed E-state index contributed by atoms with van der Waals surface area (Å²) >= 11 is 5.73. The fourth-order valence-electron chi connectivity index (χ4n) is 2.04. The minimum absolute atomic E-state index is 0.0329. The number of carbonyl (C=O) groups is 1. The molecule has 9 heteroatoms.